The molecule has 0 bridgehead atoms. The number of rotatable bonds is 4. The first-order chi connectivity index (χ1) is 14.5. The topological polar surface area (TPSA) is 82.1 Å². The zero-order chi connectivity index (χ0) is 21.5. The van der Waals surface area contributed by atoms with Crippen molar-refractivity contribution in [2.75, 3.05) is 31.1 Å². The van der Waals surface area contributed by atoms with Crippen LogP contribution in [0.15, 0.2) is 48.0 Å². The number of thioether (sulfide) groups is 1. The van der Waals surface area contributed by atoms with Crippen molar-refractivity contribution in [2.45, 2.75) is 26.2 Å². The molecule has 3 aliphatic rings. The van der Waals surface area contributed by atoms with E-state index in [0.717, 1.165) is 23.2 Å². The van der Waals surface area contributed by atoms with E-state index in [0.29, 0.717) is 12.4 Å². The predicted molar refractivity (Wildman–Crippen MR) is 123 cm³/mol. The summed E-state index contributed by atoms with van der Waals surface area (Å²) < 4.78 is 6.05. The molecule has 0 saturated carbocycles. The Labute approximate surface area is 185 Å². The minimum atomic E-state index is -1.05. The standard InChI is InChI=1S/C16H14N2O4S2.C5H11N/c1-2-17-10-5-3-4-6-12(10)22-13(17)8-7-11-15(21)24-16(23)18(11)9-14(19)20;1-2-4-6-5-3-1/h3-8H,2,9H2,1H3,(H,19,20);6H,1-5H2. The lowest BCUT2D eigenvalue weighted by atomic mass is 10.2. The predicted octanol–water partition coefficient (Wildman–Crippen LogP) is 3.34. The molecule has 2 saturated heterocycles. The molecule has 3 heterocycles. The van der Waals surface area contributed by atoms with E-state index in [-0.39, 0.29) is 21.7 Å². The molecule has 0 aromatic heterocycles. The quantitative estimate of drug-likeness (QED) is 0.533. The van der Waals surface area contributed by atoms with Gasteiger partial charge in [0.05, 0.1) is 11.4 Å². The second-order valence-electron chi connectivity index (χ2n) is 6.82. The van der Waals surface area contributed by atoms with Crippen molar-refractivity contribution in [3.05, 3.63) is 48.0 Å². The van der Waals surface area contributed by atoms with Crippen LogP contribution in [0.1, 0.15) is 26.2 Å². The maximum absolute atomic E-state index is 12.0. The maximum Gasteiger partial charge on any atom is 0.323 e. The minimum absolute atomic E-state index is 0.245. The molecule has 2 fully saturated rings. The Hall–Kier alpha value is -2.36. The van der Waals surface area contributed by atoms with E-state index in [9.17, 15) is 9.59 Å². The summed E-state index contributed by atoms with van der Waals surface area (Å²) in [6.45, 7) is 4.85. The third kappa shape index (κ3) is 5.41. The number of aliphatic carboxylic acids is 1. The van der Waals surface area contributed by atoms with Crippen LogP contribution in [0.25, 0.3) is 0 Å². The van der Waals surface area contributed by atoms with Crippen LogP contribution in [0.5, 0.6) is 5.75 Å². The molecule has 160 valence electrons. The van der Waals surface area contributed by atoms with E-state index in [1.165, 1.54) is 37.3 Å². The van der Waals surface area contributed by atoms with Gasteiger partial charge in [0.2, 0.25) is 11.0 Å². The average molecular weight is 448 g/mol. The molecule has 9 heteroatoms. The molecule has 4 rings (SSSR count). The van der Waals surface area contributed by atoms with Crippen LogP contribution >= 0.6 is 24.0 Å². The summed E-state index contributed by atoms with van der Waals surface area (Å²) in [6, 6.07) is 7.64. The fourth-order valence-electron chi connectivity index (χ4n) is 3.29. The fourth-order valence-corrected chi connectivity index (χ4v) is 4.40. The van der Waals surface area contributed by atoms with Crippen molar-refractivity contribution in [2.24, 2.45) is 0 Å². The molecule has 30 heavy (non-hydrogen) atoms. The van der Waals surface area contributed by atoms with E-state index in [1.54, 1.807) is 12.2 Å². The Kier molecular flexibility index (Phi) is 7.89. The summed E-state index contributed by atoms with van der Waals surface area (Å²) in [5, 5.41) is 12.0. The number of anilines is 1. The summed E-state index contributed by atoms with van der Waals surface area (Å²) in [4.78, 5) is 26.3. The Morgan fingerprint density at radius 3 is 2.57 bits per heavy atom. The van der Waals surface area contributed by atoms with Crippen LogP contribution < -0.4 is 15.0 Å². The van der Waals surface area contributed by atoms with Crippen LogP contribution in [-0.2, 0) is 9.59 Å². The van der Waals surface area contributed by atoms with Gasteiger partial charge in [-0.2, -0.15) is 0 Å². The van der Waals surface area contributed by atoms with Crippen molar-refractivity contribution < 1.29 is 19.4 Å². The lowest BCUT2D eigenvalue weighted by Gasteiger charge is -2.16. The summed E-state index contributed by atoms with van der Waals surface area (Å²) in [5.74, 6) is 0.275. The van der Waals surface area contributed by atoms with Crippen LogP contribution in [0.3, 0.4) is 0 Å². The van der Waals surface area contributed by atoms with Gasteiger partial charge in [-0.15, -0.1) is 0 Å². The third-order valence-electron chi connectivity index (χ3n) is 4.74. The smallest absolute Gasteiger partial charge is 0.323 e. The number of hydrogen-bond donors (Lipinski definition) is 2. The van der Waals surface area contributed by atoms with Crippen molar-refractivity contribution >= 4 is 45.1 Å². The highest BCUT2D eigenvalue weighted by molar-refractivity contribution is 8.33. The van der Waals surface area contributed by atoms with Crippen molar-refractivity contribution in [3.8, 4) is 5.75 Å². The van der Waals surface area contributed by atoms with Gasteiger partial charge in [-0.05, 0) is 62.8 Å². The van der Waals surface area contributed by atoms with Gasteiger partial charge in [-0.1, -0.05) is 30.8 Å². The number of ether oxygens (including phenoxy) is 1. The van der Waals surface area contributed by atoms with Gasteiger partial charge in [-0.3, -0.25) is 9.59 Å². The van der Waals surface area contributed by atoms with E-state index in [2.05, 4.69) is 5.32 Å². The van der Waals surface area contributed by atoms with Crippen molar-refractivity contribution in [1.82, 2.24) is 10.2 Å². The molecular weight excluding hydrogens is 422 g/mol. The van der Waals surface area contributed by atoms with Gasteiger partial charge >= 0.3 is 5.97 Å². The number of carboxylic acid groups (broad SMARTS) is 1. The number of para-hydroxylation sites is 2. The monoisotopic (exact) mass is 447 g/mol. The molecular formula is C21H25N3O4S2. The van der Waals surface area contributed by atoms with E-state index >= 15 is 0 Å². The molecule has 0 atom stereocenters. The Bertz CT molecular complexity index is 869. The number of allylic oxidation sites excluding steroid dienone is 2. The highest BCUT2D eigenvalue weighted by Crippen LogP contribution is 2.38. The van der Waals surface area contributed by atoms with Crippen LogP contribution in [0.2, 0.25) is 0 Å². The largest absolute Gasteiger partial charge is 0.480 e. The van der Waals surface area contributed by atoms with Crippen LogP contribution in [0.4, 0.5) is 5.69 Å². The summed E-state index contributed by atoms with van der Waals surface area (Å²) in [7, 11) is 0. The molecule has 0 spiro atoms. The van der Waals surface area contributed by atoms with Gasteiger partial charge in [0.15, 0.2) is 5.75 Å². The molecule has 3 aliphatic heterocycles. The first-order valence-electron chi connectivity index (χ1n) is 9.94. The molecule has 0 unspecified atom stereocenters. The van der Waals surface area contributed by atoms with Gasteiger partial charge in [0.1, 0.15) is 10.9 Å². The SMILES string of the molecule is C1CCNCC1.CCN1C(=CC=C2C(=O)SC(=S)N2CC(=O)O)Oc2ccccc21. The molecule has 1 aromatic carbocycles. The highest BCUT2D eigenvalue weighted by atomic mass is 32.2. The number of benzene rings is 1. The molecule has 0 aliphatic carbocycles. The first-order valence-corrected chi connectivity index (χ1v) is 11.2. The zero-order valence-corrected chi connectivity index (χ0v) is 18.4. The number of fused-ring (bicyclic) bond motifs is 1. The van der Waals surface area contributed by atoms with Gasteiger partial charge in [0.25, 0.3) is 0 Å². The fraction of sp³-hybridized carbons (Fsp3) is 0.381. The minimum Gasteiger partial charge on any atom is -0.480 e. The molecule has 0 radical (unpaired) electrons. The molecule has 1 aromatic rings. The second kappa shape index (κ2) is 10.6. The van der Waals surface area contributed by atoms with Gasteiger partial charge < -0.3 is 25.0 Å². The number of carbonyl (C=O) groups is 2. The number of carboxylic acids is 1. The molecule has 2 N–H and O–H groups in total. The van der Waals surface area contributed by atoms with E-state index in [1.807, 2.05) is 36.1 Å². The number of thiocarbonyl (C=S) groups is 1. The second-order valence-corrected chi connectivity index (χ2v) is 8.42. The number of carbonyl (C=O) groups excluding carboxylic acids is 1. The normalized spacial score (nSPS) is 20.8. The van der Waals surface area contributed by atoms with E-state index < -0.39 is 5.97 Å². The number of piperidine rings is 1. The summed E-state index contributed by atoms with van der Waals surface area (Å²) in [5.41, 5.74) is 1.20. The van der Waals surface area contributed by atoms with E-state index in [4.69, 9.17) is 22.1 Å². The molecule has 0 amide bonds. The first kappa shape index (κ1) is 22.3. The van der Waals surface area contributed by atoms with Gasteiger partial charge in [-0.25, -0.2) is 0 Å². The van der Waals surface area contributed by atoms with Crippen molar-refractivity contribution in [1.29, 1.82) is 0 Å². The summed E-state index contributed by atoms with van der Waals surface area (Å²) in [6.07, 6.45) is 7.44. The lowest BCUT2D eigenvalue weighted by Crippen LogP contribution is -2.28. The Morgan fingerprint density at radius 2 is 1.97 bits per heavy atom. The lowest BCUT2D eigenvalue weighted by molar-refractivity contribution is -0.137. The molecule has 7 nitrogen and oxygen atoms in total. The number of hydrogen-bond acceptors (Lipinski definition) is 7. The number of nitrogens with one attached hydrogen (secondary N) is 1. The summed E-state index contributed by atoms with van der Waals surface area (Å²) >= 11 is 5.92. The van der Waals surface area contributed by atoms with Crippen molar-refractivity contribution in [3.63, 3.8) is 0 Å². The maximum atomic E-state index is 12.0. The third-order valence-corrected chi connectivity index (χ3v) is 6.00. The van der Waals surface area contributed by atoms with Crippen LogP contribution in [-0.4, -0.2) is 51.6 Å². The zero-order valence-electron chi connectivity index (χ0n) is 16.8. The highest BCUT2D eigenvalue weighted by Gasteiger charge is 2.33. The Morgan fingerprint density at radius 1 is 1.23 bits per heavy atom. The van der Waals surface area contributed by atoms with Crippen LogP contribution in [0, 0.1) is 0 Å². The number of nitrogens with zero attached hydrogens (tertiary/aromatic N) is 2. The average Bonchev–Trinajstić information content (AvgIpc) is 3.24. The van der Waals surface area contributed by atoms with Gasteiger partial charge in [0, 0.05) is 12.6 Å². The Balaban J connectivity index is 0.000000367.